The van der Waals surface area contributed by atoms with Gasteiger partial charge < -0.3 is 20.5 Å². The summed E-state index contributed by atoms with van der Waals surface area (Å²) < 4.78 is 39.0. The summed E-state index contributed by atoms with van der Waals surface area (Å²) in [5, 5.41) is 14.7. The minimum atomic E-state index is -2.94. The van der Waals surface area contributed by atoms with Crippen LogP contribution >= 0.6 is 11.3 Å². The van der Waals surface area contributed by atoms with Crippen molar-refractivity contribution in [2.24, 2.45) is 17.1 Å². The van der Waals surface area contributed by atoms with Crippen LogP contribution < -0.4 is 11.1 Å². The highest BCUT2D eigenvalue weighted by molar-refractivity contribution is 7.17. The highest BCUT2D eigenvalue weighted by Crippen LogP contribution is 2.65. The smallest absolute Gasteiger partial charge is 0.338 e. The van der Waals surface area contributed by atoms with Crippen LogP contribution in [-0.4, -0.2) is 31.6 Å². The van der Waals surface area contributed by atoms with Crippen molar-refractivity contribution >= 4 is 33.4 Å². The van der Waals surface area contributed by atoms with Gasteiger partial charge in [0.05, 0.1) is 40.4 Å². The van der Waals surface area contributed by atoms with Gasteiger partial charge in [0.25, 0.3) is 5.92 Å². The quantitative estimate of drug-likeness (QED) is 0.615. The summed E-state index contributed by atoms with van der Waals surface area (Å²) in [4.78, 5) is 26.0. The van der Waals surface area contributed by atoms with Crippen molar-refractivity contribution in [2.75, 3.05) is 13.7 Å². The van der Waals surface area contributed by atoms with Crippen molar-refractivity contribution in [1.82, 2.24) is 5.32 Å². The number of ether oxygens (including phenoxy) is 2. The third-order valence-corrected chi connectivity index (χ3v) is 7.79. The number of alkyl halides is 2. The molecule has 0 saturated heterocycles. The Bertz CT molecular complexity index is 1310. The van der Waals surface area contributed by atoms with Gasteiger partial charge in [-0.2, -0.15) is 5.26 Å². The molecule has 1 aromatic carbocycles. The summed E-state index contributed by atoms with van der Waals surface area (Å²) in [6.07, 6.45) is 0. The Balaban J connectivity index is 1.79. The van der Waals surface area contributed by atoms with E-state index in [0.717, 1.165) is 0 Å². The highest BCUT2D eigenvalue weighted by atomic mass is 32.1. The number of thiophene rings is 1. The lowest BCUT2D eigenvalue weighted by Gasteiger charge is -2.29. The predicted molar refractivity (Wildman–Crippen MR) is 122 cm³/mol. The first-order chi connectivity index (χ1) is 16.0. The van der Waals surface area contributed by atoms with E-state index in [1.807, 2.05) is 0 Å². The van der Waals surface area contributed by atoms with Gasteiger partial charge in [0.15, 0.2) is 0 Å². The van der Waals surface area contributed by atoms with E-state index in [9.17, 15) is 23.6 Å². The molecule has 2 atom stereocenters. The number of nitrogens with two attached hydrogens (primary N) is 1. The summed E-state index contributed by atoms with van der Waals surface area (Å²) >= 11 is 1.29. The number of nitrogens with zero attached hydrogens (tertiary/aromatic N) is 1. The van der Waals surface area contributed by atoms with Gasteiger partial charge in [-0.1, -0.05) is 26.0 Å². The molecule has 34 heavy (non-hydrogen) atoms. The second-order valence-electron chi connectivity index (χ2n) is 8.90. The normalized spacial score (nSPS) is 22.7. The van der Waals surface area contributed by atoms with Gasteiger partial charge in [0.2, 0.25) is 0 Å². The highest BCUT2D eigenvalue weighted by Gasteiger charge is 2.75. The molecule has 1 aromatic heterocycles. The van der Waals surface area contributed by atoms with Crippen molar-refractivity contribution in [1.29, 1.82) is 5.26 Å². The lowest BCUT2D eigenvalue weighted by Crippen LogP contribution is -2.36. The summed E-state index contributed by atoms with van der Waals surface area (Å²) in [5.41, 5.74) is 6.37. The third-order valence-electron chi connectivity index (χ3n) is 6.75. The Labute approximate surface area is 198 Å². The number of methoxy groups -OCH3 is 1. The summed E-state index contributed by atoms with van der Waals surface area (Å²) in [6.45, 7) is 3.96. The van der Waals surface area contributed by atoms with Crippen LogP contribution in [0.25, 0.3) is 10.1 Å². The van der Waals surface area contributed by atoms with Crippen LogP contribution in [0.5, 0.6) is 0 Å². The number of esters is 2. The number of carbonyl (C=O) groups is 2. The fourth-order valence-corrected chi connectivity index (χ4v) is 5.53. The van der Waals surface area contributed by atoms with Crippen LogP contribution in [0, 0.1) is 22.7 Å². The Morgan fingerprint density at radius 1 is 1.26 bits per heavy atom. The van der Waals surface area contributed by atoms with Crippen molar-refractivity contribution in [3.05, 3.63) is 57.4 Å². The van der Waals surface area contributed by atoms with E-state index < -0.39 is 41.7 Å². The molecule has 1 saturated carbocycles. The van der Waals surface area contributed by atoms with Crippen LogP contribution in [0.2, 0.25) is 0 Å². The average Bonchev–Trinajstić information content (AvgIpc) is 3.07. The number of nitrogens with one attached hydrogen (secondary N) is 1. The van der Waals surface area contributed by atoms with Gasteiger partial charge in [0.1, 0.15) is 18.5 Å². The first-order valence-electron chi connectivity index (χ1n) is 10.5. The molecule has 7 nitrogen and oxygen atoms in total. The number of nitriles is 1. The molecule has 2 aliphatic rings. The summed E-state index contributed by atoms with van der Waals surface area (Å²) in [5.74, 6) is -6.66. The molecule has 0 radical (unpaired) electrons. The van der Waals surface area contributed by atoms with Crippen molar-refractivity contribution in [3.8, 4) is 6.07 Å². The summed E-state index contributed by atoms with van der Waals surface area (Å²) in [6, 6.07) is 7.29. The molecule has 4 rings (SSSR count). The van der Waals surface area contributed by atoms with Crippen molar-refractivity contribution in [2.45, 2.75) is 32.6 Å². The van der Waals surface area contributed by atoms with Gasteiger partial charge in [-0.05, 0) is 29.3 Å². The second-order valence-corrected chi connectivity index (χ2v) is 9.78. The van der Waals surface area contributed by atoms with E-state index in [2.05, 4.69) is 11.4 Å². The number of carbonyl (C=O) groups excluding carboxylic acids is 2. The number of allylic oxidation sites excluding steroid dienone is 1. The molecule has 178 valence electrons. The van der Waals surface area contributed by atoms with E-state index in [-0.39, 0.29) is 17.0 Å². The molecule has 0 amide bonds. The Morgan fingerprint density at radius 2 is 1.94 bits per heavy atom. The van der Waals surface area contributed by atoms with Crippen LogP contribution in [-0.2, 0) is 19.1 Å². The van der Waals surface area contributed by atoms with Gasteiger partial charge in [-0.15, -0.1) is 11.3 Å². The van der Waals surface area contributed by atoms with Gasteiger partial charge in [-0.25, -0.2) is 18.4 Å². The number of benzene rings is 1. The van der Waals surface area contributed by atoms with E-state index in [1.54, 1.807) is 30.5 Å². The van der Waals surface area contributed by atoms with Crippen molar-refractivity contribution < 1.29 is 27.8 Å². The van der Waals surface area contributed by atoms with Crippen LogP contribution in [0.4, 0.5) is 8.78 Å². The molecule has 0 spiro atoms. The van der Waals surface area contributed by atoms with Crippen LogP contribution in [0.3, 0.4) is 0 Å². The molecule has 0 bridgehead atoms. The van der Waals surface area contributed by atoms with E-state index in [4.69, 9.17) is 15.2 Å². The minimum Gasteiger partial charge on any atom is -0.466 e. The molecule has 1 aliphatic carbocycles. The zero-order valence-electron chi connectivity index (χ0n) is 19.0. The maximum Gasteiger partial charge on any atom is 0.338 e. The maximum atomic E-state index is 14.0. The van der Waals surface area contributed by atoms with E-state index in [0.29, 0.717) is 26.9 Å². The topological polar surface area (TPSA) is 114 Å². The third kappa shape index (κ3) is 3.42. The molecule has 10 heteroatoms. The largest absolute Gasteiger partial charge is 0.466 e. The molecular formula is C24H23F2N3O4S. The van der Waals surface area contributed by atoms with Gasteiger partial charge >= 0.3 is 11.9 Å². The monoisotopic (exact) mass is 487 g/mol. The zero-order chi connectivity index (χ0) is 25.0. The van der Waals surface area contributed by atoms with Gasteiger partial charge in [-0.3, -0.25) is 0 Å². The van der Waals surface area contributed by atoms with Crippen molar-refractivity contribution in [3.63, 3.8) is 0 Å². The van der Waals surface area contributed by atoms with E-state index >= 15 is 0 Å². The maximum absolute atomic E-state index is 14.0. The second kappa shape index (κ2) is 8.09. The lowest BCUT2D eigenvalue weighted by molar-refractivity contribution is -0.140. The molecule has 1 fully saturated rings. The molecule has 2 heterocycles. The molecule has 3 N–H and O–H groups in total. The SMILES string of the molecule is COC(=O)C1=C(C)NC(N)=C(C(=O)OCC2C(C)(C)C2(F)F)C1c1csc2c(C#N)cccc12. The lowest BCUT2D eigenvalue weighted by atomic mass is 9.81. The predicted octanol–water partition coefficient (Wildman–Crippen LogP) is 3.91. The first-order valence-corrected chi connectivity index (χ1v) is 11.4. The number of hydrogen-bond donors (Lipinski definition) is 2. The fourth-order valence-electron chi connectivity index (χ4n) is 4.47. The first kappa shape index (κ1) is 23.7. The molecule has 2 unspecified atom stereocenters. The Morgan fingerprint density at radius 3 is 2.53 bits per heavy atom. The number of fused-ring (bicyclic) bond motifs is 1. The minimum absolute atomic E-state index is 0.0437. The fraction of sp³-hybridized carbons (Fsp3) is 0.375. The number of rotatable bonds is 5. The number of halogens is 2. The standard InChI is InChI=1S/C24H23F2N3O4S/c1-11-16(21(30)32-4)17(14-10-34-19-12(8-27)6-5-7-13(14)19)18(20(28)29-11)22(31)33-9-15-23(2,3)24(15,25)26/h5-7,10,15,17,29H,9,28H2,1-4H3. The molecule has 2 aromatic rings. The molecule has 1 aliphatic heterocycles. The van der Waals surface area contributed by atoms with Crippen LogP contribution in [0.1, 0.15) is 37.8 Å². The zero-order valence-corrected chi connectivity index (χ0v) is 19.8. The molecular weight excluding hydrogens is 464 g/mol. The van der Waals surface area contributed by atoms with Crippen LogP contribution in [0.15, 0.2) is 46.2 Å². The van der Waals surface area contributed by atoms with E-state index in [1.165, 1.54) is 32.3 Å². The Hall–Kier alpha value is -3.45. The number of dihydropyridines is 1. The Kier molecular flexibility index (Phi) is 5.64. The average molecular weight is 488 g/mol. The van der Waals surface area contributed by atoms with Gasteiger partial charge in [0, 0.05) is 11.1 Å². The number of hydrogen-bond acceptors (Lipinski definition) is 8. The summed E-state index contributed by atoms with van der Waals surface area (Å²) in [7, 11) is 1.22.